The lowest BCUT2D eigenvalue weighted by molar-refractivity contribution is -0.136. The predicted octanol–water partition coefficient (Wildman–Crippen LogP) is 5.76. The summed E-state index contributed by atoms with van der Waals surface area (Å²) in [5, 5.41) is 0. The van der Waals surface area contributed by atoms with Crippen molar-refractivity contribution in [3.05, 3.63) is 11.8 Å². The van der Waals surface area contributed by atoms with E-state index in [0.29, 0.717) is 0 Å². The lowest BCUT2D eigenvalue weighted by Crippen LogP contribution is -1.95. The molecule has 0 saturated carbocycles. The number of esters is 1. The molecule has 0 saturated heterocycles. The minimum Gasteiger partial charge on any atom is -0.432 e. The molecule has 0 N–H and O–H groups in total. The smallest absolute Gasteiger partial charge is 0.307 e. The third-order valence-corrected chi connectivity index (χ3v) is 3.29. The van der Waals surface area contributed by atoms with E-state index in [0.717, 1.165) is 12.2 Å². The lowest BCUT2D eigenvalue weighted by Gasteiger charge is -2.02. The van der Waals surface area contributed by atoms with Gasteiger partial charge in [-0.1, -0.05) is 64.7 Å². The van der Waals surface area contributed by atoms with E-state index in [-0.39, 0.29) is 5.97 Å². The van der Waals surface area contributed by atoms with Crippen LogP contribution in [-0.2, 0) is 9.53 Å². The molecule has 0 aliphatic rings. The molecule has 0 amide bonds. The van der Waals surface area contributed by atoms with Crippen molar-refractivity contribution in [3.63, 3.8) is 0 Å². The Hall–Kier alpha value is -0.790. The highest BCUT2D eigenvalue weighted by Gasteiger charge is 1.95. The van der Waals surface area contributed by atoms with E-state index in [2.05, 4.69) is 6.92 Å². The molecule has 2 heteroatoms. The second-order valence-electron chi connectivity index (χ2n) is 5.38. The Labute approximate surface area is 119 Å². The molecule has 0 aromatic rings. The quantitative estimate of drug-likeness (QED) is 0.255. The lowest BCUT2D eigenvalue weighted by atomic mass is 10.1. The third kappa shape index (κ3) is 15.2. The van der Waals surface area contributed by atoms with Gasteiger partial charge in [0.1, 0.15) is 5.76 Å². The Bertz CT molecular complexity index is 244. The van der Waals surface area contributed by atoms with E-state index in [1.54, 1.807) is 0 Å². The van der Waals surface area contributed by atoms with Crippen LogP contribution >= 0.6 is 0 Å². The van der Waals surface area contributed by atoms with Crippen molar-refractivity contribution < 1.29 is 9.53 Å². The molecule has 0 heterocycles. The third-order valence-electron chi connectivity index (χ3n) is 3.29. The van der Waals surface area contributed by atoms with E-state index >= 15 is 0 Å². The highest BCUT2D eigenvalue weighted by atomic mass is 16.5. The number of ether oxygens (including phenoxy) is 1. The maximum atomic E-state index is 10.7. The molecule has 0 aliphatic heterocycles. The van der Waals surface area contributed by atoms with Gasteiger partial charge in [0.15, 0.2) is 0 Å². The minimum atomic E-state index is -0.225. The maximum absolute atomic E-state index is 10.7. The van der Waals surface area contributed by atoms with Crippen LogP contribution in [0.4, 0.5) is 0 Å². The molecule has 112 valence electrons. The van der Waals surface area contributed by atoms with Gasteiger partial charge in [0.05, 0.1) is 0 Å². The summed E-state index contributed by atoms with van der Waals surface area (Å²) in [6.45, 7) is 5.55. The highest BCUT2D eigenvalue weighted by molar-refractivity contribution is 5.67. The van der Waals surface area contributed by atoms with Crippen molar-refractivity contribution in [1.29, 1.82) is 0 Å². The molecule has 0 radical (unpaired) electrons. The highest BCUT2D eigenvalue weighted by Crippen LogP contribution is 2.12. The molecular weight excluding hydrogens is 236 g/mol. The van der Waals surface area contributed by atoms with Gasteiger partial charge in [0.2, 0.25) is 0 Å². The van der Waals surface area contributed by atoms with Crippen LogP contribution in [0.5, 0.6) is 0 Å². The first-order valence-corrected chi connectivity index (χ1v) is 8.02. The number of unbranched alkanes of at least 4 members (excludes halogenated alkanes) is 10. The van der Waals surface area contributed by atoms with Crippen molar-refractivity contribution in [3.8, 4) is 0 Å². The molecule has 0 rings (SSSR count). The van der Waals surface area contributed by atoms with E-state index in [4.69, 9.17) is 4.74 Å². The summed E-state index contributed by atoms with van der Waals surface area (Å²) in [6.07, 6.45) is 16.6. The standard InChI is InChI=1S/C17H32O2/c1-4-5-6-7-8-9-10-11-12-13-14-15-16(2)19-17(3)18/h15H,4-14H2,1-3H3/b16-15-. The van der Waals surface area contributed by atoms with Gasteiger partial charge in [0.25, 0.3) is 0 Å². The van der Waals surface area contributed by atoms with Gasteiger partial charge in [-0.05, 0) is 25.8 Å². The van der Waals surface area contributed by atoms with Crippen LogP contribution < -0.4 is 0 Å². The molecule has 0 aliphatic carbocycles. The first-order valence-electron chi connectivity index (χ1n) is 8.02. The zero-order chi connectivity index (χ0) is 14.3. The summed E-state index contributed by atoms with van der Waals surface area (Å²) < 4.78 is 4.96. The summed E-state index contributed by atoms with van der Waals surface area (Å²) >= 11 is 0. The monoisotopic (exact) mass is 268 g/mol. The second-order valence-corrected chi connectivity index (χ2v) is 5.38. The van der Waals surface area contributed by atoms with Gasteiger partial charge in [-0.3, -0.25) is 4.79 Å². The van der Waals surface area contributed by atoms with Gasteiger partial charge in [0, 0.05) is 6.92 Å². The topological polar surface area (TPSA) is 26.3 Å². The number of rotatable bonds is 12. The maximum Gasteiger partial charge on any atom is 0.307 e. The Morgan fingerprint density at radius 1 is 0.842 bits per heavy atom. The zero-order valence-corrected chi connectivity index (χ0v) is 13.2. The largest absolute Gasteiger partial charge is 0.432 e. The van der Waals surface area contributed by atoms with E-state index in [9.17, 15) is 4.79 Å². The van der Waals surface area contributed by atoms with E-state index < -0.39 is 0 Å². The van der Waals surface area contributed by atoms with Crippen molar-refractivity contribution in [1.82, 2.24) is 0 Å². The minimum absolute atomic E-state index is 0.225. The predicted molar refractivity (Wildman–Crippen MR) is 82.0 cm³/mol. The molecule has 19 heavy (non-hydrogen) atoms. The average Bonchev–Trinajstić information content (AvgIpc) is 2.35. The van der Waals surface area contributed by atoms with Crippen LogP contribution in [0.15, 0.2) is 11.8 Å². The van der Waals surface area contributed by atoms with Gasteiger partial charge in [-0.25, -0.2) is 0 Å². The van der Waals surface area contributed by atoms with Gasteiger partial charge < -0.3 is 4.74 Å². The zero-order valence-electron chi connectivity index (χ0n) is 13.2. The molecule has 0 atom stereocenters. The molecule has 2 nitrogen and oxygen atoms in total. The summed E-state index contributed by atoms with van der Waals surface area (Å²) in [5.74, 6) is 0.514. The van der Waals surface area contributed by atoms with Gasteiger partial charge in [-0.15, -0.1) is 0 Å². The molecule has 0 unspecified atom stereocenters. The summed E-state index contributed by atoms with van der Waals surface area (Å²) in [6, 6.07) is 0. The SMILES string of the molecule is CCCCCCCCCCCC/C=C(/C)OC(C)=O. The van der Waals surface area contributed by atoms with Crippen molar-refractivity contribution >= 4 is 5.97 Å². The number of carbonyl (C=O) groups excluding carboxylic acids is 1. The van der Waals surface area contributed by atoms with Crippen molar-refractivity contribution in [2.24, 2.45) is 0 Å². The summed E-state index contributed by atoms with van der Waals surface area (Å²) in [4.78, 5) is 10.7. The molecular formula is C17H32O2. The molecule has 0 bridgehead atoms. The Balaban J connectivity index is 3.20. The van der Waals surface area contributed by atoms with Crippen LogP contribution in [0.1, 0.15) is 91.4 Å². The van der Waals surface area contributed by atoms with E-state index in [1.807, 2.05) is 13.0 Å². The molecule has 0 fully saturated rings. The Morgan fingerprint density at radius 3 is 1.79 bits per heavy atom. The summed E-state index contributed by atoms with van der Waals surface area (Å²) in [5.41, 5.74) is 0. The van der Waals surface area contributed by atoms with E-state index in [1.165, 1.54) is 71.1 Å². The first-order chi connectivity index (χ1) is 9.16. The molecule has 0 aromatic carbocycles. The Kier molecular flexibility index (Phi) is 13.1. The fourth-order valence-corrected chi connectivity index (χ4v) is 2.21. The average molecular weight is 268 g/mol. The second kappa shape index (κ2) is 13.6. The number of hydrogen-bond acceptors (Lipinski definition) is 2. The van der Waals surface area contributed by atoms with Crippen LogP contribution in [0.2, 0.25) is 0 Å². The fraction of sp³-hybridized carbons (Fsp3) is 0.824. The van der Waals surface area contributed by atoms with Gasteiger partial charge in [-0.2, -0.15) is 0 Å². The van der Waals surface area contributed by atoms with Crippen molar-refractivity contribution in [2.45, 2.75) is 91.4 Å². The van der Waals surface area contributed by atoms with Crippen LogP contribution in [-0.4, -0.2) is 5.97 Å². The van der Waals surface area contributed by atoms with Crippen LogP contribution in [0.3, 0.4) is 0 Å². The number of allylic oxidation sites excluding steroid dienone is 2. The van der Waals surface area contributed by atoms with Crippen LogP contribution in [0, 0.1) is 0 Å². The summed E-state index contributed by atoms with van der Waals surface area (Å²) in [7, 11) is 0. The molecule has 0 spiro atoms. The Morgan fingerprint density at radius 2 is 1.32 bits per heavy atom. The normalized spacial score (nSPS) is 11.6. The van der Waals surface area contributed by atoms with Crippen LogP contribution in [0.25, 0.3) is 0 Å². The number of carbonyl (C=O) groups is 1. The fourth-order valence-electron chi connectivity index (χ4n) is 2.21. The number of hydrogen-bond donors (Lipinski definition) is 0. The van der Waals surface area contributed by atoms with Gasteiger partial charge >= 0.3 is 5.97 Å². The molecule has 0 aromatic heterocycles. The van der Waals surface area contributed by atoms with Crippen molar-refractivity contribution in [2.75, 3.05) is 0 Å². The first kappa shape index (κ1) is 18.2.